The maximum Gasteiger partial charge on any atom is 0.257 e. The molecule has 1 rings (SSSR count). The number of benzene rings is 1. The quantitative estimate of drug-likeness (QED) is 0.612. The zero-order chi connectivity index (χ0) is 12.7. The van der Waals surface area contributed by atoms with Crippen molar-refractivity contribution in [2.24, 2.45) is 0 Å². The number of para-hydroxylation sites is 1. The fraction of sp³-hybridized carbons (Fsp3) is 0.273. The van der Waals surface area contributed by atoms with Crippen molar-refractivity contribution in [2.75, 3.05) is 18.9 Å². The van der Waals surface area contributed by atoms with Crippen LogP contribution in [-0.4, -0.2) is 19.1 Å². The molecule has 3 N–H and O–H groups in total. The minimum atomic E-state index is -0.320. The van der Waals surface area contributed by atoms with E-state index in [2.05, 4.69) is 5.32 Å². The number of rotatable bonds is 5. The first-order valence-electron chi connectivity index (χ1n) is 4.95. The lowest BCUT2D eigenvalue weighted by molar-refractivity contribution is -0.123. The number of nitriles is 1. The molecule has 0 bridgehead atoms. The van der Waals surface area contributed by atoms with Crippen molar-refractivity contribution in [1.82, 2.24) is 5.32 Å². The van der Waals surface area contributed by atoms with Crippen LogP contribution in [0.3, 0.4) is 0 Å². The molecule has 17 heavy (non-hydrogen) atoms. The van der Waals surface area contributed by atoms with Crippen LogP contribution in [0, 0.1) is 11.3 Å². The van der Waals surface area contributed by atoms with Crippen molar-refractivity contribution in [3.8, 4) is 11.8 Å². The fourth-order valence-electron chi connectivity index (χ4n) is 1.12. The Labute approximate surface area is 104 Å². The number of amides is 1. The van der Waals surface area contributed by atoms with Gasteiger partial charge in [-0.15, -0.1) is 0 Å². The molecule has 0 saturated carbocycles. The summed E-state index contributed by atoms with van der Waals surface area (Å²) in [4.78, 5) is 11.3. The largest absolute Gasteiger partial charge is 0.480 e. The molecular formula is C11H12ClN3O2. The van der Waals surface area contributed by atoms with Crippen LogP contribution in [0.1, 0.15) is 6.42 Å². The first-order chi connectivity index (χ1) is 8.15. The molecule has 1 amide bonds. The Morgan fingerprint density at radius 1 is 1.59 bits per heavy atom. The molecule has 90 valence electrons. The molecule has 6 heteroatoms. The highest BCUT2D eigenvalue weighted by Gasteiger charge is 2.08. The summed E-state index contributed by atoms with van der Waals surface area (Å²) < 4.78 is 5.21. The third kappa shape index (κ3) is 4.21. The van der Waals surface area contributed by atoms with Gasteiger partial charge in [0.2, 0.25) is 0 Å². The van der Waals surface area contributed by atoms with E-state index in [1.54, 1.807) is 18.2 Å². The molecule has 0 aliphatic heterocycles. The SMILES string of the molecule is N#CCCNC(=O)COc1c(N)cccc1Cl. The van der Waals surface area contributed by atoms with Gasteiger partial charge in [-0.25, -0.2) is 0 Å². The van der Waals surface area contributed by atoms with E-state index in [0.717, 1.165) is 0 Å². The summed E-state index contributed by atoms with van der Waals surface area (Å²) in [6.45, 7) is 0.121. The summed E-state index contributed by atoms with van der Waals surface area (Å²) in [6, 6.07) is 6.87. The molecule has 1 aromatic carbocycles. The van der Waals surface area contributed by atoms with Gasteiger partial charge in [0.05, 0.1) is 23.2 Å². The van der Waals surface area contributed by atoms with Crippen molar-refractivity contribution < 1.29 is 9.53 Å². The Balaban J connectivity index is 2.45. The van der Waals surface area contributed by atoms with Crippen LogP contribution in [0.2, 0.25) is 5.02 Å². The summed E-state index contributed by atoms with van der Waals surface area (Å²) in [7, 11) is 0. The molecule has 5 nitrogen and oxygen atoms in total. The van der Waals surface area contributed by atoms with Gasteiger partial charge >= 0.3 is 0 Å². The molecule has 1 aromatic rings. The van der Waals surface area contributed by atoms with Gasteiger partial charge in [-0.05, 0) is 12.1 Å². The Hall–Kier alpha value is -1.93. The first kappa shape index (κ1) is 13.1. The van der Waals surface area contributed by atoms with E-state index < -0.39 is 0 Å². The minimum absolute atomic E-state index is 0.181. The lowest BCUT2D eigenvalue weighted by Crippen LogP contribution is -2.29. The van der Waals surface area contributed by atoms with Gasteiger partial charge in [0.1, 0.15) is 0 Å². The predicted molar refractivity (Wildman–Crippen MR) is 64.6 cm³/mol. The Bertz CT molecular complexity index is 423. The van der Waals surface area contributed by atoms with Gasteiger partial charge in [-0.3, -0.25) is 4.79 Å². The molecule has 0 unspecified atom stereocenters. The van der Waals surface area contributed by atoms with Gasteiger partial charge in [-0.2, -0.15) is 5.26 Å². The van der Waals surface area contributed by atoms with E-state index in [4.69, 9.17) is 27.3 Å². The van der Waals surface area contributed by atoms with Crippen LogP contribution in [0.4, 0.5) is 5.69 Å². The van der Waals surface area contributed by atoms with Crippen molar-refractivity contribution in [1.29, 1.82) is 5.26 Å². The second-order valence-corrected chi connectivity index (χ2v) is 3.61. The minimum Gasteiger partial charge on any atom is -0.480 e. The molecule has 0 aliphatic carbocycles. The summed E-state index contributed by atoms with van der Waals surface area (Å²) in [6.07, 6.45) is 0.264. The van der Waals surface area contributed by atoms with Crippen LogP contribution in [0.25, 0.3) is 0 Å². The van der Waals surface area contributed by atoms with Gasteiger partial charge in [-0.1, -0.05) is 17.7 Å². The summed E-state index contributed by atoms with van der Waals surface area (Å²) in [5, 5.41) is 11.2. The van der Waals surface area contributed by atoms with Crippen LogP contribution < -0.4 is 15.8 Å². The highest BCUT2D eigenvalue weighted by atomic mass is 35.5. The van der Waals surface area contributed by atoms with Crippen molar-refractivity contribution in [2.45, 2.75) is 6.42 Å². The van der Waals surface area contributed by atoms with E-state index in [1.165, 1.54) is 0 Å². The zero-order valence-electron chi connectivity index (χ0n) is 9.07. The number of carbonyl (C=O) groups excluding carboxylic acids is 1. The highest BCUT2D eigenvalue weighted by Crippen LogP contribution is 2.30. The topological polar surface area (TPSA) is 88.1 Å². The molecule has 0 radical (unpaired) electrons. The van der Waals surface area contributed by atoms with Gasteiger partial charge in [0.15, 0.2) is 12.4 Å². The molecular weight excluding hydrogens is 242 g/mol. The summed E-state index contributed by atoms with van der Waals surface area (Å²) in [5.41, 5.74) is 6.02. The normalized spacial score (nSPS) is 9.41. The second kappa shape index (κ2) is 6.61. The third-order valence-corrected chi connectivity index (χ3v) is 2.20. The standard InChI is InChI=1S/C11H12ClN3O2/c12-8-3-1-4-9(14)11(8)17-7-10(16)15-6-2-5-13/h1,3-4H,2,6-7,14H2,(H,15,16). The number of nitrogens with one attached hydrogen (secondary N) is 1. The number of halogens is 1. The van der Waals surface area contributed by atoms with E-state index in [0.29, 0.717) is 23.0 Å². The number of anilines is 1. The second-order valence-electron chi connectivity index (χ2n) is 3.20. The highest BCUT2D eigenvalue weighted by molar-refractivity contribution is 6.32. The van der Waals surface area contributed by atoms with Crippen LogP contribution in [0.5, 0.6) is 5.75 Å². The first-order valence-corrected chi connectivity index (χ1v) is 5.33. The van der Waals surface area contributed by atoms with Crippen LogP contribution in [-0.2, 0) is 4.79 Å². The average molecular weight is 254 g/mol. The van der Waals surface area contributed by atoms with Gasteiger partial charge in [0.25, 0.3) is 5.91 Å². The van der Waals surface area contributed by atoms with Crippen molar-refractivity contribution >= 4 is 23.2 Å². The number of carbonyl (C=O) groups is 1. The third-order valence-electron chi connectivity index (χ3n) is 1.90. The van der Waals surface area contributed by atoms with E-state index in [-0.39, 0.29) is 18.9 Å². The maximum absolute atomic E-state index is 11.3. The van der Waals surface area contributed by atoms with Crippen LogP contribution in [0.15, 0.2) is 18.2 Å². The smallest absolute Gasteiger partial charge is 0.257 e. The van der Waals surface area contributed by atoms with E-state index in [1.807, 2.05) is 6.07 Å². The molecule has 0 saturated heterocycles. The number of hydrogen-bond acceptors (Lipinski definition) is 4. The number of hydrogen-bond donors (Lipinski definition) is 2. The predicted octanol–water partition coefficient (Wildman–Crippen LogP) is 1.33. The molecule has 0 heterocycles. The lowest BCUT2D eigenvalue weighted by atomic mass is 10.3. The molecule has 0 spiro atoms. The number of nitrogens with two attached hydrogens (primary N) is 1. The van der Waals surface area contributed by atoms with Gasteiger partial charge < -0.3 is 15.8 Å². The zero-order valence-corrected chi connectivity index (χ0v) is 9.83. The average Bonchev–Trinajstić information content (AvgIpc) is 2.29. The van der Waals surface area contributed by atoms with Crippen molar-refractivity contribution in [3.05, 3.63) is 23.2 Å². The summed E-state index contributed by atoms with van der Waals surface area (Å²) in [5.74, 6) is -0.0239. The Morgan fingerprint density at radius 2 is 2.35 bits per heavy atom. The summed E-state index contributed by atoms with van der Waals surface area (Å²) >= 11 is 5.86. The number of ether oxygens (including phenoxy) is 1. The Morgan fingerprint density at radius 3 is 3.00 bits per heavy atom. The van der Waals surface area contributed by atoms with E-state index >= 15 is 0 Å². The molecule has 0 aliphatic rings. The Kier molecular flexibility index (Phi) is 5.11. The van der Waals surface area contributed by atoms with Crippen LogP contribution >= 0.6 is 11.6 Å². The van der Waals surface area contributed by atoms with E-state index in [9.17, 15) is 4.79 Å². The van der Waals surface area contributed by atoms with Crippen molar-refractivity contribution in [3.63, 3.8) is 0 Å². The lowest BCUT2D eigenvalue weighted by Gasteiger charge is -2.10. The van der Waals surface area contributed by atoms with Gasteiger partial charge in [0, 0.05) is 6.54 Å². The molecule has 0 aromatic heterocycles. The monoisotopic (exact) mass is 253 g/mol. The fourth-order valence-corrected chi connectivity index (χ4v) is 1.36. The molecule has 0 atom stereocenters. The number of nitrogens with zero attached hydrogens (tertiary/aromatic N) is 1. The molecule has 0 fully saturated rings. The number of nitrogen functional groups attached to an aromatic ring is 1. The maximum atomic E-state index is 11.3.